The fourth-order valence-electron chi connectivity index (χ4n) is 3.12. The maximum absolute atomic E-state index is 13.5. The van der Waals surface area contributed by atoms with E-state index in [2.05, 4.69) is 5.32 Å². The summed E-state index contributed by atoms with van der Waals surface area (Å²) in [7, 11) is -4.12. The molecule has 0 spiro atoms. The van der Waals surface area contributed by atoms with Gasteiger partial charge in [-0.2, -0.15) is 0 Å². The minimum atomic E-state index is -4.12. The van der Waals surface area contributed by atoms with Crippen molar-refractivity contribution in [1.29, 1.82) is 0 Å². The Morgan fingerprint density at radius 1 is 1.00 bits per heavy atom. The molecule has 7 nitrogen and oxygen atoms in total. The van der Waals surface area contributed by atoms with Crippen molar-refractivity contribution in [3.8, 4) is 11.5 Å². The van der Waals surface area contributed by atoms with Crippen molar-refractivity contribution in [1.82, 2.24) is 0 Å². The van der Waals surface area contributed by atoms with Crippen LogP contribution in [0.5, 0.6) is 11.5 Å². The van der Waals surface area contributed by atoms with Gasteiger partial charge in [-0.15, -0.1) is 0 Å². The first-order valence-electron chi connectivity index (χ1n) is 9.48. The lowest BCUT2D eigenvalue weighted by molar-refractivity contribution is -0.114. The lowest BCUT2D eigenvalue weighted by atomic mass is 10.2. The Bertz CT molecular complexity index is 1280. The molecule has 1 N–H and O–H groups in total. The highest BCUT2D eigenvalue weighted by Crippen LogP contribution is 2.35. The molecule has 3 aromatic carbocycles. The molecule has 166 valence electrons. The topological polar surface area (TPSA) is 84.9 Å². The third-order valence-corrected chi connectivity index (χ3v) is 7.06. The molecule has 1 amide bonds. The molecule has 0 fully saturated rings. The van der Waals surface area contributed by atoms with Crippen molar-refractivity contribution >= 4 is 50.5 Å². The molecule has 10 heteroatoms. The molecule has 3 aromatic rings. The molecule has 0 unspecified atom stereocenters. The highest BCUT2D eigenvalue weighted by atomic mass is 35.5. The van der Waals surface area contributed by atoms with Gasteiger partial charge in [0.25, 0.3) is 10.0 Å². The Kier molecular flexibility index (Phi) is 6.19. The highest BCUT2D eigenvalue weighted by Gasteiger charge is 2.29. The van der Waals surface area contributed by atoms with Crippen LogP contribution in [0.25, 0.3) is 0 Å². The quantitative estimate of drug-likeness (QED) is 0.530. The number of fused-ring (bicyclic) bond motifs is 1. The SMILES string of the molecule is Cc1ccc(S(=O)(=O)N(CC(=O)Nc2ccc3c(c2)OCO3)c2cc(Cl)ccc2Cl)cc1. The minimum absolute atomic E-state index is 0.0232. The maximum Gasteiger partial charge on any atom is 0.264 e. The van der Waals surface area contributed by atoms with E-state index in [1.54, 1.807) is 30.3 Å². The van der Waals surface area contributed by atoms with Crippen LogP contribution >= 0.6 is 23.2 Å². The number of nitrogens with zero attached hydrogens (tertiary/aromatic N) is 1. The molecule has 0 saturated carbocycles. The summed E-state index contributed by atoms with van der Waals surface area (Å²) in [5.41, 5.74) is 1.43. The summed E-state index contributed by atoms with van der Waals surface area (Å²) in [5, 5.41) is 3.10. The van der Waals surface area contributed by atoms with Crippen molar-refractivity contribution < 1.29 is 22.7 Å². The summed E-state index contributed by atoms with van der Waals surface area (Å²) in [5.74, 6) is 0.484. The van der Waals surface area contributed by atoms with Gasteiger partial charge in [0.1, 0.15) is 6.54 Å². The molecule has 0 radical (unpaired) electrons. The molecule has 0 aromatic heterocycles. The summed E-state index contributed by atoms with van der Waals surface area (Å²) in [6, 6.07) is 15.6. The average molecular weight is 493 g/mol. The van der Waals surface area contributed by atoms with Gasteiger partial charge in [0.2, 0.25) is 12.7 Å². The smallest absolute Gasteiger partial charge is 0.264 e. The third kappa shape index (κ3) is 4.62. The second-order valence-corrected chi connectivity index (χ2v) is 9.74. The Morgan fingerprint density at radius 3 is 2.47 bits per heavy atom. The van der Waals surface area contributed by atoms with Gasteiger partial charge in [0.15, 0.2) is 11.5 Å². The van der Waals surface area contributed by atoms with Gasteiger partial charge in [-0.05, 0) is 49.4 Å². The number of carbonyl (C=O) groups excluding carboxylic acids is 1. The van der Waals surface area contributed by atoms with E-state index in [0.717, 1.165) is 9.87 Å². The fourth-order valence-corrected chi connectivity index (χ4v) is 4.99. The number of halogens is 2. The molecule has 1 aliphatic heterocycles. The van der Waals surface area contributed by atoms with Crippen LogP contribution in [-0.4, -0.2) is 27.7 Å². The highest BCUT2D eigenvalue weighted by molar-refractivity contribution is 7.92. The molecule has 0 bridgehead atoms. The molecule has 4 rings (SSSR count). The predicted molar refractivity (Wildman–Crippen MR) is 123 cm³/mol. The van der Waals surface area contributed by atoms with Crippen molar-refractivity contribution in [2.45, 2.75) is 11.8 Å². The van der Waals surface area contributed by atoms with E-state index in [4.69, 9.17) is 32.7 Å². The van der Waals surface area contributed by atoms with Crippen molar-refractivity contribution in [2.24, 2.45) is 0 Å². The van der Waals surface area contributed by atoms with Gasteiger partial charge >= 0.3 is 0 Å². The van der Waals surface area contributed by atoms with Crippen molar-refractivity contribution in [3.05, 3.63) is 76.3 Å². The van der Waals surface area contributed by atoms with E-state index >= 15 is 0 Å². The van der Waals surface area contributed by atoms with Gasteiger partial charge in [0.05, 0.1) is 15.6 Å². The van der Waals surface area contributed by atoms with Crippen LogP contribution in [0, 0.1) is 6.92 Å². The molecule has 32 heavy (non-hydrogen) atoms. The van der Waals surface area contributed by atoms with Crippen LogP contribution in [0.2, 0.25) is 10.0 Å². The summed E-state index contributed by atoms with van der Waals surface area (Å²) < 4.78 is 38.4. The number of anilines is 2. The summed E-state index contributed by atoms with van der Waals surface area (Å²) in [6.45, 7) is 1.42. The standard InChI is InChI=1S/C22H18Cl2N2O5S/c1-14-2-6-17(7-3-14)32(28,29)26(19-10-15(23)4-8-18(19)24)12-22(27)25-16-5-9-20-21(11-16)31-13-30-20/h2-11H,12-13H2,1H3,(H,25,27). The zero-order valence-corrected chi connectivity index (χ0v) is 19.2. The molecule has 0 aliphatic carbocycles. The lowest BCUT2D eigenvalue weighted by Gasteiger charge is -2.25. The Balaban J connectivity index is 1.67. The number of amides is 1. The molecular weight excluding hydrogens is 475 g/mol. The first-order valence-corrected chi connectivity index (χ1v) is 11.7. The van der Waals surface area contributed by atoms with Gasteiger partial charge in [-0.3, -0.25) is 9.10 Å². The van der Waals surface area contributed by atoms with E-state index in [1.807, 2.05) is 6.92 Å². The number of benzene rings is 3. The monoisotopic (exact) mass is 492 g/mol. The fraction of sp³-hybridized carbons (Fsp3) is 0.136. The first kappa shape index (κ1) is 22.3. The normalized spacial score (nSPS) is 12.5. The number of carbonyl (C=O) groups is 1. The van der Waals surface area contributed by atoms with E-state index in [9.17, 15) is 13.2 Å². The maximum atomic E-state index is 13.5. The largest absolute Gasteiger partial charge is 0.454 e. The van der Waals surface area contributed by atoms with Crippen LogP contribution < -0.4 is 19.1 Å². The number of ether oxygens (including phenoxy) is 2. The number of sulfonamides is 1. The number of aryl methyl sites for hydroxylation is 1. The molecule has 1 aliphatic rings. The van der Waals surface area contributed by atoms with Crippen molar-refractivity contribution in [3.63, 3.8) is 0 Å². The number of hydrogen-bond acceptors (Lipinski definition) is 5. The zero-order valence-electron chi connectivity index (χ0n) is 16.8. The third-order valence-electron chi connectivity index (χ3n) is 4.73. The number of nitrogens with one attached hydrogen (secondary N) is 1. The molecular formula is C22H18Cl2N2O5S. The zero-order chi connectivity index (χ0) is 22.9. The summed E-state index contributed by atoms with van der Waals surface area (Å²) >= 11 is 12.4. The summed E-state index contributed by atoms with van der Waals surface area (Å²) in [6.07, 6.45) is 0. The van der Waals surface area contributed by atoms with Gasteiger partial charge in [0, 0.05) is 16.8 Å². The molecule has 1 heterocycles. The minimum Gasteiger partial charge on any atom is -0.454 e. The lowest BCUT2D eigenvalue weighted by Crippen LogP contribution is -2.38. The van der Waals surface area contributed by atoms with Crippen LogP contribution in [0.1, 0.15) is 5.56 Å². The van der Waals surface area contributed by atoms with Crippen LogP contribution in [0.3, 0.4) is 0 Å². The molecule has 0 saturated heterocycles. The van der Waals surface area contributed by atoms with Crippen LogP contribution in [0.15, 0.2) is 65.6 Å². The van der Waals surface area contributed by atoms with Crippen LogP contribution in [-0.2, 0) is 14.8 Å². The Hall–Kier alpha value is -2.94. The van der Waals surface area contributed by atoms with E-state index in [1.165, 1.54) is 30.3 Å². The first-order chi connectivity index (χ1) is 15.2. The van der Waals surface area contributed by atoms with E-state index < -0.39 is 22.5 Å². The van der Waals surface area contributed by atoms with Crippen LogP contribution in [0.4, 0.5) is 11.4 Å². The number of hydrogen-bond donors (Lipinski definition) is 1. The average Bonchev–Trinajstić information content (AvgIpc) is 3.22. The predicted octanol–water partition coefficient (Wildman–Crippen LogP) is 4.86. The Labute approximate surface area is 195 Å². The van der Waals surface area contributed by atoms with E-state index in [-0.39, 0.29) is 27.4 Å². The number of rotatable bonds is 6. The van der Waals surface area contributed by atoms with E-state index in [0.29, 0.717) is 17.2 Å². The van der Waals surface area contributed by atoms with Gasteiger partial charge in [-0.25, -0.2) is 8.42 Å². The second-order valence-electron chi connectivity index (χ2n) is 7.04. The van der Waals surface area contributed by atoms with Gasteiger partial charge < -0.3 is 14.8 Å². The van der Waals surface area contributed by atoms with Gasteiger partial charge in [-0.1, -0.05) is 40.9 Å². The summed E-state index contributed by atoms with van der Waals surface area (Å²) in [4.78, 5) is 12.9. The van der Waals surface area contributed by atoms with Crippen molar-refractivity contribution in [2.75, 3.05) is 23.0 Å². The Morgan fingerprint density at radius 2 is 1.72 bits per heavy atom. The molecule has 0 atom stereocenters. The second kappa shape index (κ2) is 8.90.